The molecule has 3 aromatic rings. The summed E-state index contributed by atoms with van der Waals surface area (Å²) >= 11 is 0. The zero-order valence-corrected chi connectivity index (χ0v) is 16.4. The average Bonchev–Trinajstić information content (AvgIpc) is 3.05. The van der Waals surface area contributed by atoms with Crippen molar-refractivity contribution in [3.63, 3.8) is 0 Å². The van der Waals surface area contributed by atoms with Gasteiger partial charge < -0.3 is 4.52 Å². The molecule has 0 N–H and O–H groups in total. The molecule has 0 amide bonds. The van der Waals surface area contributed by atoms with Crippen LogP contribution in [0.4, 0.5) is 0 Å². The van der Waals surface area contributed by atoms with E-state index in [1.54, 1.807) is 13.1 Å². The summed E-state index contributed by atoms with van der Waals surface area (Å²) in [5, 5.41) is 4.21. The third-order valence-corrected chi connectivity index (χ3v) is 6.03. The molecule has 2 heterocycles. The number of fused-ring (bicyclic) bond motifs is 3. The van der Waals surface area contributed by atoms with Crippen molar-refractivity contribution < 1.29 is 4.52 Å². The van der Waals surface area contributed by atoms with Crippen LogP contribution in [-0.2, 0) is 13.0 Å². The van der Waals surface area contributed by atoms with Crippen molar-refractivity contribution in [2.75, 3.05) is 0 Å². The standard InChI is InChI=1S/C22H21N5O2/c1-12(9-23-3)18-13(2)24-11-27(22(18)28)10-17-25-21(26-29-17)20-16-8-14-6-4-5-7-15(14)19(16)20/h4-7,9,11,16,19-20H,3,8,10H2,1-2H3/b12-9-/t16-,19+,20+/m0/s1. The average molecular weight is 387 g/mol. The summed E-state index contributed by atoms with van der Waals surface area (Å²) in [6.07, 6.45) is 4.15. The summed E-state index contributed by atoms with van der Waals surface area (Å²) in [5.74, 6) is 2.53. The lowest BCUT2D eigenvalue weighted by Gasteiger charge is -2.08. The molecule has 0 spiro atoms. The maximum atomic E-state index is 12.9. The second-order valence-corrected chi connectivity index (χ2v) is 7.80. The molecule has 0 bridgehead atoms. The summed E-state index contributed by atoms with van der Waals surface area (Å²) in [6.45, 7) is 7.26. The lowest BCUT2D eigenvalue weighted by molar-refractivity contribution is 0.363. The number of aliphatic imine (C=N–C) groups is 1. The van der Waals surface area contributed by atoms with E-state index in [-0.39, 0.29) is 12.1 Å². The topological polar surface area (TPSA) is 86.2 Å². The Labute approximate surface area is 167 Å². The Hall–Kier alpha value is -3.35. The molecule has 0 saturated heterocycles. The minimum absolute atomic E-state index is 0.160. The molecule has 1 aromatic carbocycles. The van der Waals surface area contributed by atoms with Gasteiger partial charge in [-0.1, -0.05) is 29.4 Å². The van der Waals surface area contributed by atoms with E-state index in [0.29, 0.717) is 34.9 Å². The van der Waals surface area contributed by atoms with Gasteiger partial charge in [-0.05, 0) is 55.5 Å². The van der Waals surface area contributed by atoms with Crippen LogP contribution in [0.5, 0.6) is 0 Å². The predicted molar refractivity (Wildman–Crippen MR) is 109 cm³/mol. The molecule has 5 rings (SSSR count). The van der Waals surface area contributed by atoms with Gasteiger partial charge in [0.05, 0.1) is 17.6 Å². The van der Waals surface area contributed by atoms with Crippen molar-refractivity contribution >= 4 is 12.3 Å². The Morgan fingerprint density at radius 1 is 1.38 bits per heavy atom. The molecule has 0 aliphatic heterocycles. The van der Waals surface area contributed by atoms with Gasteiger partial charge in [-0.25, -0.2) is 4.98 Å². The van der Waals surface area contributed by atoms with Crippen molar-refractivity contribution in [2.24, 2.45) is 10.9 Å². The Morgan fingerprint density at radius 2 is 2.21 bits per heavy atom. The molecule has 0 radical (unpaired) electrons. The summed E-state index contributed by atoms with van der Waals surface area (Å²) in [6, 6.07) is 8.58. The van der Waals surface area contributed by atoms with Crippen molar-refractivity contribution in [3.05, 3.63) is 81.2 Å². The van der Waals surface area contributed by atoms with E-state index in [2.05, 4.69) is 51.1 Å². The maximum absolute atomic E-state index is 12.9. The highest BCUT2D eigenvalue weighted by Gasteiger charge is 2.58. The molecule has 7 nitrogen and oxygen atoms in total. The predicted octanol–water partition coefficient (Wildman–Crippen LogP) is 3.10. The molecule has 2 aliphatic rings. The maximum Gasteiger partial charge on any atom is 0.261 e. The van der Waals surface area contributed by atoms with E-state index in [9.17, 15) is 4.79 Å². The number of rotatable bonds is 5. The highest BCUT2D eigenvalue weighted by molar-refractivity contribution is 5.64. The Kier molecular flexibility index (Phi) is 4.04. The fourth-order valence-corrected chi connectivity index (χ4v) is 4.66. The first-order valence-electron chi connectivity index (χ1n) is 9.67. The monoisotopic (exact) mass is 387 g/mol. The third-order valence-electron chi connectivity index (χ3n) is 6.03. The van der Waals surface area contributed by atoms with Gasteiger partial charge in [0.25, 0.3) is 5.56 Å². The molecule has 2 aromatic heterocycles. The minimum Gasteiger partial charge on any atom is -0.337 e. The molecule has 1 fully saturated rings. The normalized spacial score (nSPS) is 22.3. The lowest BCUT2D eigenvalue weighted by Crippen LogP contribution is -2.25. The van der Waals surface area contributed by atoms with Crippen molar-refractivity contribution in [2.45, 2.75) is 38.6 Å². The van der Waals surface area contributed by atoms with Gasteiger partial charge in [0.15, 0.2) is 5.82 Å². The Bertz CT molecular complexity index is 1210. The van der Waals surface area contributed by atoms with E-state index in [1.807, 2.05) is 6.92 Å². The van der Waals surface area contributed by atoms with E-state index in [0.717, 1.165) is 17.8 Å². The molecule has 7 heteroatoms. The van der Waals surface area contributed by atoms with Crippen molar-refractivity contribution in [1.29, 1.82) is 0 Å². The summed E-state index contributed by atoms with van der Waals surface area (Å²) in [5.41, 5.74) is 4.58. The molecular formula is C22H21N5O2. The van der Waals surface area contributed by atoms with Crippen LogP contribution in [-0.4, -0.2) is 26.4 Å². The van der Waals surface area contributed by atoms with Crippen molar-refractivity contribution in [1.82, 2.24) is 19.7 Å². The van der Waals surface area contributed by atoms with Crippen LogP contribution in [0.3, 0.4) is 0 Å². The van der Waals surface area contributed by atoms with Gasteiger partial charge in [-0.2, -0.15) is 4.98 Å². The Morgan fingerprint density at radius 3 is 3.03 bits per heavy atom. The van der Waals surface area contributed by atoms with Crippen LogP contribution in [0, 0.1) is 12.8 Å². The SMILES string of the molecule is C=N/C=C(/C)c1c(C)ncn(Cc2nc([C@@H]3[C@H]4Cc5ccccc5[C@H]43)no2)c1=O. The molecular weight excluding hydrogens is 366 g/mol. The van der Waals surface area contributed by atoms with Gasteiger partial charge in [0.2, 0.25) is 5.89 Å². The number of allylic oxidation sites excluding steroid dienone is 1. The largest absolute Gasteiger partial charge is 0.337 e. The van der Waals surface area contributed by atoms with E-state index in [1.165, 1.54) is 22.0 Å². The number of aryl methyl sites for hydroxylation is 1. The van der Waals surface area contributed by atoms with Crippen LogP contribution >= 0.6 is 0 Å². The summed E-state index contributed by atoms with van der Waals surface area (Å²) < 4.78 is 6.95. The summed E-state index contributed by atoms with van der Waals surface area (Å²) in [7, 11) is 0. The van der Waals surface area contributed by atoms with Crippen LogP contribution in [0.2, 0.25) is 0 Å². The fraction of sp³-hybridized carbons (Fsp3) is 0.318. The van der Waals surface area contributed by atoms with Gasteiger partial charge in [0, 0.05) is 12.1 Å². The van der Waals surface area contributed by atoms with Crippen LogP contribution in [0.1, 0.15) is 52.9 Å². The fourth-order valence-electron chi connectivity index (χ4n) is 4.66. The molecule has 3 atom stereocenters. The second-order valence-electron chi connectivity index (χ2n) is 7.80. The number of hydrogen-bond acceptors (Lipinski definition) is 6. The Balaban J connectivity index is 1.39. The van der Waals surface area contributed by atoms with Gasteiger partial charge in [0.1, 0.15) is 6.54 Å². The van der Waals surface area contributed by atoms with Gasteiger partial charge in [-0.15, -0.1) is 0 Å². The second kappa shape index (κ2) is 6.62. The van der Waals surface area contributed by atoms with Gasteiger partial charge in [-0.3, -0.25) is 14.4 Å². The highest BCUT2D eigenvalue weighted by atomic mass is 16.5. The highest BCUT2D eigenvalue weighted by Crippen LogP contribution is 2.65. The van der Waals surface area contributed by atoms with Crippen LogP contribution in [0.15, 0.2) is 51.1 Å². The van der Waals surface area contributed by atoms with Gasteiger partial charge >= 0.3 is 0 Å². The zero-order chi connectivity index (χ0) is 20.1. The zero-order valence-electron chi connectivity index (χ0n) is 16.4. The first-order chi connectivity index (χ1) is 14.1. The molecule has 2 aliphatic carbocycles. The molecule has 29 heavy (non-hydrogen) atoms. The number of hydrogen-bond donors (Lipinski definition) is 0. The number of aromatic nitrogens is 4. The summed E-state index contributed by atoms with van der Waals surface area (Å²) in [4.78, 5) is 25.6. The molecule has 146 valence electrons. The van der Waals surface area contributed by atoms with E-state index in [4.69, 9.17) is 4.52 Å². The molecule has 1 saturated carbocycles. The number of nitrogens with zero attached hydrogens (tertiary/aromatic N) is 5. The minimum atomic E-state index is -0.160. The quantitative estimate of drug-likeness (QED) is 0.628. The first-order valence-corrected chi connectivity index (χ1v) is 9.67. The van der Waals surface area contributed by atoms with Crippen molar-refractivity contribution in [3.8, 4) is 0 Å². The lowest BCUT2D eigenvalue weighted by atomic mass is 10.0. The van der Waals surface area contributed by atoms with E-state index < -0.39 is 0 Å². The smallest absolute Gasteiger partial charge is 0.261 e. The first kappa shape index (κ1) is 17.7. The van der Waals surface area contributed by atoms with Crippen LogP contribution in [0.25, 0.3) is 5.57 Å². The number of benzene rings is 1. The van der Waals surface area contributed by atoms with E-state index >= 15 is 0 Å². The van der Waals surface area contributed by atoms with Crippen LogP contribution < -0.4 is 5.56 Å². The third kappa shape index (κ3) is 2.85. The molecule has 0 unspecified atom stereocenters.